The van der Waals surface area contributed by atoms with Gasteiger partial charge in [0, 0.05) is 17.1 Å². The summed E-state index contributed by atoms with van der Waals surface area (Å²) in [6, 6.07) is 14.2. The van der Waals surface area contributed by atoms with E-state index in [9.17, 15) is 9.18 Å². The smallest absolute Gasteiger partial charge is 0.238 e. The summed E-state index contributed by atoms with van der Waals surface area (Å²) in [4.78, 5) is 15.3. The average Bonchev–Trinajstić information content (AvgIpc) is 2.54. The standard InChI is InChI=1S/C18H21FN2OS/c1-3-21(12-14-6-4-7-15(19)10-14)13-18(22)20-16-8-5-9-17(11-16)23-2/h4-11H,3,12-13H2,1-2H3,(H,20,22). The highest BCUT2D eigenvalue weighted by atomic mass is 32.2. The number of anilines is 1. The van der Waals surface area contributed by atoms with Gasteiger partial charge >= 0.3 is 0 Å². The normalized spacial score (nSPS) is 10.8. The summed E-state index contributed by atoms with van der Waals surface area (Å²) < 4.78 is 13.2. The number of nitrogens with zero attached hydrogens (tertiary/aromatic N) is 1. The molecule has 0 bridgehead atoms. The van der Waals surface area contributed by atoms with Crippen LogP contribution in [0, 0.1) is 5.82 Å². The first-order valence-corrected chi connectivity index (χ1v) is 8.74. The highest BCUT2D eigenvalue weighted by molar-refractivity contribution is 7.98. The maximum absolute atomic E-state index is 13.2. The molecule has 2 aromatic carbocycles. The molecule has 0 radical (unpaired) electrons. The second-order valence-corrected chi connectivity index (χ2v) is 6.09. The van der Waals surface area contributed by atoms with Crippen LogP contribution in [0.2, 0.25) is 0 Å². The van der Waals surface area contributed by atoms with Crippen LogP contribution in [0.3, 0.4) is 0 Å². The second kappa shape index (κ2) is 8.70. The van der Waals surface area contributed by atoms with Crippen LogP contribution in [0.4, 0.5) is 10.1 Å². The number of amides is 1. The lowest BCUT2D eigenvalue weighted by Gasteiger charge is -2.20. The molecule has 0 heterocycles. The van der Waals surface area contributed by atoms with Gasteiger partial charge in [-0.1, -0.05) is 25.1 Å². The molecule has 0 aliphatic carbocycles. The molecule has 0 saturated carbocycles. The van der Waals surface area contributed by atoms with Gasteiger partial charge in [0.15, 0.2) is 0 Å². The van der Waals surface area contributed by atoms with Crippen molar-refractivity contribution < 1.29 is 9.18 Å². The minimum atomic E-state index is -0.253. The van der Waals surface area contributed by atoms with Gasteiger partial charge in [-0.05, 0) is 48.7 Å². The van der Waals surface area contributed by atoms with E-state index in [1.807, 2.05) is 48.4 Å². The fourth-order valence-corrected chi connectivity index (χ4v) is 2.74. The van der Waals surface area contributed by atoms with Gasteiger partial charge in [0.05, 0.1) is 6.54 Å². The van der Waals surface area contributed by atoms with Gasteiger partial charge < -0.3 is 5.32 Å². The van der Waals surface area contributed by atoms with Crippen molar-refractivity contribution in [1.82, 2.24) is 4.90 Å². The molecular formula is C18H21FN2OS. The van der Waals surface area contributed by atoms with Gasteiger partial charge in [-0.2, -0.15) is 0 Å². The van der Waals surface area contributed by atoms with E-state index in [1.54, 1.807) is 17.8 Å². The predicted octanol–water partition coefficient (Wildman–Crippen LogP) is 4.01. The molecule has 2 rings (SSSR count). The molecule has 23 heavy (non-hydrogen) atoms. The number of rotatable bonds is 7. The largest absolute Gasteiger partial charge is 0.325 e. The van der Waals surface area contributed by atoms with Crippen molar-refractivity contribution in [2.24, 2.45) is 0 Å². The second-order valence-electron chi connectivity index (χ2n) is 5.21. The van der Waals surface area contributed by atoms with Gasteiger partial charge in [0.25, 0.3) is 0 Å². The Hall–Kier alpha value is -1.85. The zero-order valence-electron chi connectivity index (χ0n) is 13.4. The lowest BCUT2D eigenvalue weighted by atomic mass is 10.2. The van der Waals surface area contributed by atoms with Crippen molar-refractivity contribution in [3.8, 4) is 0 Å². The maximum Gasteiger partial charge on any atom is 0.238 e. The van der Waals surface area contributed by atoms with Crippen molar-refractivity contribution in [2.75, 3.05) is 24.7 Å². The summed E-state index contributed by atoms with van der Waals surface area (Å²) in [5.41, 5.74) is 1.66. The fourth-order valence-electron chi connectivity index (χ4n) is 2.28. The van der Waals surface area contributed by atoms with Crippen LogP contribution in [-0.2, 0) is 11.3 Å². The van der Waals surface area contributed by atoms with Gasteiger partial charge in [0.2, 0.25) is 5.91 Å². The number of likely N-dealkylation sites (N-methyl/N-ethyl adjacent to an activating group) is 1. The third kappa shape index (κ3) is 5.69. The van der Waals surface area contributed by atoms with Crippen LogP contribution in [0.25, 0.3) is 0 Å². The summed E-state index contributed by atoms with van der Waals surface area (Å²) in [6.07, 6.45) is 2.00. The molecule has 0 aliphatic heterocycles. The number of thioether (sulfide) groups is 1. The van der Waals surface area contributed by atoms with Crippen molar-refractivity contribution in [3.63, 3.8) is 0 Å². The molecule has 0 unspecified atom stereocenters. The first-order valence-electron chi connectivity index (χ1n) is 7.51. The molecule has 2 aromatic rings. The number of carbonyl (C=O) groups excluding carboxylic acids is 1. The number of halogens is 1. The van der Waals surface area contributed by atoms with Gasteiger partial charge in [-0.25, -0.2) is 4.39 Å². The van der Waals surface area contributed by atoms with Crippen molar-refractivity contribution in [1.29, 1.82) is 0 Å². The monoisotopic (exact) mass is 332 g/mol. The summed E-state index contributed by atoms with van der Waals surface area (Å²) in [5.74, 6) is -0.321. The van der Waals surface area contributed by atoms with Crippen molar-refractivity contribution in [2.45, 2.75) is 18.4 Å². The zero-order chi connectivity index (χ0) is 16.7. The Balaban J connectivity index is 1.93. The summed E-state index contributed by atoms with van der Waals surface area (Å²) in [6.45, 7) is 3.53. The SMILES string of the molecule is CCN(CC(=O)Nc1cccc(SC)c1)Cc1cccc(F)c1. The summed E-state index contributed by atoms with van der Waals surface area (Å²) in [7, 11) is 0. The lowest BCUT2D eigenvalue weighted by Crippen LogP contribution is -2.32. The Morgan fingerprint density at radius 1 is 1.22 bits per heavy atom. The molecule has 1 N–H and O–H groups in total. The first-order chi connectivity index (χ1) is 11.1. The Morgan fingerprint density at radius 3 is 2.70 bits per heavy atom. The van der Waals surface area contributed by atoms with Crippen molar-refractivity contribution >= 4 is 23.4 Å². The topological polar surface area (TPSA) is 32.3 Å². The minimum Gasteiger partial charge on any atom is -0.325 e. The van der Waals surface area contributed by atoms with E-state index in [0.29, 0.717) is 6.54 Å². The Bertz CT molecular complexity index is 663. The number of carbonyl (C=O) groups is 1. The van der Waals surface area contributed by atoms with E-state index in [4.69, 9.17) is 0 Å². The van der Waals surface area contributed by atoms with E-state index < -0.39 is 0 Å². The quantitative estimate of drug-likeness (QED) is 0.778. The predicted molar refractivity (Wildman–Crippen MR) is 94.2 cm³/mol. The Morgan fingerprint density at radius 2 is 2.00 bits per heavy atom. The molecule has 122 valence electrons. The summed E-state index contributed by atoms with van der Waals surface area (Å²) in [5, 5.41) is 2.91. The van der Waals surface area contributed by atoms with Crippen LogP contribution >= 0.6 is 11.8 Å². The molecule has 1 amide bonds. The van der Waals surface area contributed by atoms with E-state index in [2.05, 4.69) is 5.32 Å². The number of nitrogens with one attached hydrogen (secondary N) is 1. The molecule has 0 spiro atoms. The van der Waals surface area contributed by atoms with Gasteiger partial charge in [-0.3, -0.25) is 9.69 Å². The van der Waals surface area contributed by atoms with E-state index in [1.165, 1.54) is 12.1 Å². The molecule has 0 fully saturated rings. The average molecular weight is 332 g/mol. The third-order valence-electron chi connectivity index (χ3n) is 3.46. The molecular weight excluding hydrogens is 311 g/mol. The van der Waals surface area contributed by atoms with Crippen LogP contribution in [0.5, 0.6) is 0 Å². The van der Waals surface area contributed by atoms with Gasteiger partial charge in [0.1, 0.15) is 5.82 Å². The molecule has 0 atom stereocenters. The molecule has 0 aliphatic rings. The van der Waals surface area contributed by atoms with Crippen LogP contribution in [0.1, 0.15) is 12.5 Å². The fraction of sp³-hybridized carbons (Fsp3) is 0.278. The number of hydrogen-bond donors (Lipinski definition) is 1. The number of hydrogen-bond acceptors (Lipinski definition) is 3. The molecule has 3 nitrogen and oxygen atoms in total. The van der Waals surface area contributed by atoms with Crippen LogP contribution in [0.15, 0.2) is 53.4 Å². The van der Waals surface area contributed by atoms with E-state index in [0.717, 1.165) is 22.7 Å². The highest BCUT2D eigenvalue weighted by Crippen LogP contribution is 2.19. The van der Waals surface area contributed by atoms with Crippen LogP contribution in [-0.4, -0.2) is 30.2 Å². The Labute approximate surface area is 140 Å². The van der Waals surface area contributed by atoms with E-state index >= 15 is 0 Å². The highest BCUT2D eigenvalue weighted by Gasteiger charge is 2.10. The molecule has 0 aromatic heterocycles. The van der Waals surface area contributed by atoms with Crippen molar-refractivity contribution in [3.05, 3.63) is 59.9 Å². The third-order valence-corrected chi connectivity index (χ3v) is 4.19. The van der Waals surface area contributed by atoms with Gasteiger partial charge in [-0.15, -0.1) is 11.8 Å². The Kier molecular flexibility index (Phi) is 6.62. The zero-order valence-corrected chi connectivity index (χ0v) is 14.2. The molecule has 0 saturated heterocycles. The minimum absolute atomic E-state index is 0.0680. The molecule has 5 heteroatoms. The maximum atomic E-state index is 13.2. The summed E-state index contributed by atoms with van der Waals surface area (Å²) >= 11 is 1.63. The van der Waals surface area contributed by atoms with E-state index in [-0.39, 0.29) is 18.3 Å². The number of benzene rings is 2. The first kappa shape index (κ1) is 17.5. The van der Waals surface area contributed by atoms with Crippen LogP contribution < -0.4 is 5.32 Å². The lowest BCUT2D eigenvalue weighted by molar-refractivity contribution is -0.117.